The molecular weight excluding hydrogens is 130 g/mol. The van der Waals surface area contributed by atoms with E-state index in [2.05, 4.69) is 0 Å². The third-order valence-corrected chi connectivity index (χ3v) is 1.53. The quantitative estimate of drug-likeness (QED) is 0.287. The Balaban J connectivity index is 3.69. The molecule has 0 bridgehead atoms. The van der Waals surface area contributed by atoms with E-state index in [1.807, 2.05) is 0 Å². The van der Waals surface area contributed by atoms with Gasteiger partial charge in [-0.1, -0.05) is 0 Å². The maximum Gasteiger partial charge on any atom is 0.0371 e. The lowest BCUT2D eigenvalue weighted by Gasteiger charge is -2.23. The van der Waals surface area contributed by atoms with Crippen molar-refractivity contribution in [3.63, 3.8) is 0 Å². The van der Waals surface area contributed by atoms with Gasteiger partial charge in [0.25, 0.3) is 0 Å². The molecule has 0 fully saturated rings. The van der Waals surface area contributed by atoms with Crippen molar-refractivity contribution < 1.29 is 0 Å². The maximum atomic E-state index is 5.57. The Labute approximate surface area is 60.9 Å². The highest BCUT2D eigenvalue weighted by atomic mass is 14.9. The zero-order chi connectivity index (χ0) is 8.15. The van der Waals surface area contributed by atoms with Crippen LogP contribution in [-0.2, 0) is 0 Å². The minimum Gasteiger partial charge on any atom is -0.329 e. The highest BCUT2D eigenvalue weighted by Crippen LogP contribution is 1.88. The zero-order valence-corrected chi connectivity index (χ0v) is 6.03. The van der Waals surface area contributed by atoms with Crippen LogP contribution in [-0.4, -0.2) is 31.2 Å². The summed E-state index contributed by atoms with van der Waals surface area (Å²) in [6, 6.07) is -0.799. The molecule has 0 rings (SSSR count). The molecule has 0 heterocycles. The molecule has 5 heteroatoms. The Morgan fingerprint density at radius 2 is 1.10 bits per heavy atom. The van der Waals surface area contributed by atoms with Crippen LogP contribution in [0.25, 0.3) is 0 Å². The molecule has 0 aromatic rings. The summed E-state index contributed by atoms with van der Waals surface area (Å²) in [6.45, 7) is 0.684. The van der Waals surface area contributed by atoms with Crippen LogP contribution in [0.5, 0.6) is 0 Å². The van der Waals surface area contributed by atoms with Gasteiger partial charge in [-0.15, -0.1) is 0 Å². The predicted octanol–water partition coefficient (Wildman–Crippen LogP) is -3.11. The zero-order valence-electron chi connectivity index (χ0n) is 6.03. The first-order valence-electron chi connectivity index (χ1n) is 3.30. The van der Waals surface area contributed by atoms with E-state index in [1.54, 1.807) is 0 Å². The fraction of sp³-hybridized carbons (Fsp3) is 1.00. The molecule has 0 aromatic carbocycles. The van der Waals surface area contributed by atoms with Crippen molar-refractivity contribution in [3.05, 3.63) is 0 Å². The van der Waals surface area contributed by atoms with Gasteiger partial charge in [0.15, 0.2) is 0 Å². The van der Waals surface area contributed by atoms with E-state index >= 15 is 0 Å². The minimum absolute atomic E-state index is 0.251. The first-order valence-corrected chi connectivity index (χ1v) is 3.30. The smallest absolute Gasteiger partial charge is 0.0371 e. The van der Waals surface area contributed by atoms with Crippen molar-refractivity contribution in [1.82, 2.24) is 0 Å². The highest BCUT2D eigenvalue weighted by molar-refractivity contribution is 4.86. The van der Waals surface area contributed by atoms with Gasteiger partial charge in [-0.3, -0.25) is 0 Å². The number of hydrogen-bond acceptors (Lipinski definition) is 5. The number of hydrogen-bond donors (Lipinski definition) is 5. The lowest BCUT2D eigenvalue weighted by molar-refractivity contribution is 0.452. The van der Waals surface area contributed by atoms with Gasteiger partial charge in [0.2, 0.25) is 0 Å². The lowest BCUT2D eigenvalue weighted by atomic mass is 10.0. The lowest BCUT2D eigenvalue weighted by Crippen LogP contribution is -2.58. The molecule has 62 valence electrons. The molecule has 10 heavy (non-hydrogen) atoms. The van der Waals surface area contributed by atoms with Gasteiger partial charge in [-0.2, -0.15) is 0 Å². The Kier molecular flexibility index (Phi) is 4.50. The molecule has 0 aliphatic carbocycles. The summed E-state index contributed by atoms with van der Waals surface area (Å²) >= 11 is 0. The molecule has 0 spiro atoms. The van der Waals surface area contributed by atoms with E-state index in [0.29, 0.717) is 13.1 Å². The third kappa shape index (κ3) is 2.59. The second-order valence-corrected chi connectivity index (χ2v) is 2.38. The summed E-state index contributed by atoms with van der Waals surface area (Å²) in [5.41, 5.74) is 27.1. The Morgan fingerprint density at radius 1 is 0.800 bits per heavy atom. The molecule has 3 atom stereocenters. The van der Waals surface area contributed by atoms with Crippen molar-refractivity contribution in [3.8, 4) is 0 Å². The summed E-state index contributed by atoms with van der Waals surface area (Å²) in [5, 5.41) is 0. The number of rotatable bonds is 4. The molecule has 0 aliphatic rings. The fourth-order valence-electron chi connectivity index (χ4n) is 0.632. The van der Waals surface area contributed by atoms with E-state index in [9.17, 15) is 0 Å². The summed E-state index contributed by atoms with van der Waals surface area (Å²) < 4.78 is 0. The highest BCUT2D eigenvalue weighted by Gasteiger charge is 2.17. The maximum absolute atomic E-state index is 5.57. The minimum atomic E-state index is -0.296. The van der Waals surface area contributed by atoms with Crippen molar-refractivity contribution >= 4 is 0 Å². The monoisotopic (exact) mass is 147 g/mol. The van der Waals surface area contributed by atoms with Crippen LogP contribution in [0.4, 0.5) is 0 Å². The summed E-state index contributed by atoms with van der Waals surface area (Å²) in [7, 11) is 0. The fourth-order valence-corrected chi connectivity index (χ4v) is 0.632. The Bertz CT molecular complexity index is 76.1. The van der Waals surface area contributed by atoms with Crippen LogP contribution in [0, 0.1) is 0 Å². The van der Waals surface area contributed by atoms with Crippen molar-refractivity contribution in [2.24, 2.45) is 28.7 Å². The largest absolute Gasteiger partial charge is 0.329 e. The van der Waals surface area contributed by atoms with Gasteiger partial charge < -0.3 is 28.7 Å². The van der Waals surface area contributed by atoms with Crippen LogP contribution >= 0.6 is 0 Å². The van der Waals surface area contributed by atoms with Gasteiger partial charge >= 0.3 is 0 Å². The third-order valence-electron chi connectivity index (χ3n) is 1.53. The van der Waals surface area contributed by atoms with Crippen molar-refractivity contribution in [2.75, 3.05) is 13.1 Å². The van der Waals surface area contributed by atoms with E-state index < -0.39 is 0 Å². The van der Waals surface area contributed by atoms with Crippen LogP contribution < -0.4 is 28.7 Å². The van der Waals surface area contributed by atoms with Crippen molar-refractivity contribution in [2.45, 2.75) is 18.1 Å². The van der Waals surface area contributed by atoms with Gasteiger partial charge in [0.05, 0.1) is 0 Å². The molecule has 0 aliphatic heterocycles. The molecular formula is C5H17N5. The normalized spacial score (nSPS) is 20.1. The molecule has 10 N–H and O–H groups in total. The summed E-state index contributed by atoms with van der Waals surface area (Å²) in [6.07, 6.45) is 0. The summed E-state index contributed by atoms with van der Waals surface area (Å²) in [5.74, 6) is 0. The van der Waals surface area contributed by atoms with Crippen LogP contribution in [0.2, 0.25) is 0 Å². The first kappa shape index (κ1) is 9.80. The average molecular weight is 147 g/mol. The topological polar surface area (TPSA) is 130 Å². The van der Waals surface area contributed by atoms with Gasteiger partial charge in [-0.25, -0.2) is 0 Å². The van der Waals surface area contributed by atoms with Crippen LogP contribution in [0.15, 0.2) is 0 Å². The molecule has 0 radical (unpaired) electrons. The second kappa shape index (κ2) is 4.59. The van der Waals surface area contributed by atoms with E-state index in [-0.39, 0.29) is 18.1 Å². The predicted molar refractivity (Wildman–Crippen MR) is 42.0 cm³/mol. The molecule has 5 nitrogen and oxygen atoms in total. The summed E-state index contributed by atoms with van der Waals surface area (Å²) in [4.78, 5) is 0. The Hall–Kier alpha value is -0.200. The van der Waals surface area contributed by atoms with E-state index in [4.69, 9.17) is 28.7 Å². The van der Waals surface area contributed by atoms with Gasteiger partial charge in [-0.05, 0) is 0 Å². The van der Waals surface area contributed by atoms with Gasteiger partial charge in [0.1, 0.15) is 0 Å². The average Bonchev–Trinajstić information content (AvgIpc) is 2.00. The van der Waals surface area contributed by atoms with Gasteiger partial charge in [0, 0.05) is 31.2 Å². The van der Waals surface area contributed by atoms with E-state index in [1.165, 1.54) is 0 Å². The molecule has 0 saturated carbocycles. The van der Waals surface area contributed by atoms with Crippen LogP contribution in [0.3, 0.4) is 0 Å². The SMILES string of the molecule is NC[C@@H](N)C(N)[C@@H](N)CN. The standard InChI is InChI=1S/C5H17N5/c6-1-3(8)5(10)4(9)2-7/h3-5H,1-2,6-10H2/t3-,4+,5?. The van der Waals surface area contributed by atoms with Crippen molar-refractivity contribution in [1.29, 1.82) is 0 Å². The molecule has 1 unspecified atom stereocenters. The molecule has 0 amide bonds. The van der Waals surface area contributed by atoms with Crippen LogP contribution in [0.1, 0.15) is 0 Å². The molecule has 0 saturated heterocycles. The Morgan fingerprint density at radius 3 is 1.30 bits per heavy atom. The second-order valence-electron chi connectivity index (χ2n) is 2.38. The molecule has 0 aromatic heterocycles. The first-order chi connectivity index (χ1) is 4.63. The van der Waals surface area contributed by atoms with E-state index in [0.717, 1.165) is 0 Å². The number of nitrogens with two attached hydrogens (primary N) is 5.